The highest BCUT2D eigenvalue weighted by atomic mass is 32.2. The molecule has 4 nitrogen and oxygen atoms in total. The van der Waals surface area contributed by atoms with E-state index in [1.807, 2.05) is 13.8 Å². The van der Waals surface area contributed by atoms with E-state index in [1.54, 1.807) is 0 Å². The summed E-state index contributed by atoms with van der Waals surface area (Å²) in [5.41, 5.74) is 0. The minimum absolute atomic E-state index is 0.282. The summed E-state index contributed by atoms with van der Waals surface area (Å²) in [6.45, 7) is 3.82. The number of aliphatic hydroxyl groups excluding tert-OH is 1. The lowest BCUT2D eigenvalue weighted by Crippen LogP contribution is -2.20. The maximum Gasteiger partial charge on any atom is 0.267 e. The van der Waals surface area contributed by atoms with Gasteiger partial charge in [-0.05, 0) is 25.7 Å². The number of unbranched alkanes of at least 4 members (excludes halogenated alkanes) is 1. The Bertz CT molecular complexity index is 261. The van der Waals surface area contributed by atoms with Crippen LogP contribution >= 0.6 is 0 Å². The fraction of sp³-hybridized carbons (Fsp3) is 1.00. The summed E-state index contributed by atoms with van der Waals surface area (Å²) in [5, 5.41) is 8.69. The molecule has 0 saturated heterocycles. The third-order valence-corrected chi connectivity index (χ3v) is 4.13. The second kappa shape index (κ2) is 8.03. The summed E-state index contributed by atoms with van der Waals surface area (Å²) >= 11 is 0. The zero-order valence-corrected chi connectivity index (χ0v) is 11.0. The van der Waals surface area contributed by atoms with E-state index >= 15 is 0 Å². The van der Waals surface area contributed by atoms with Crippen LogP contribution in [0.1, 0.15) is 58.8 Å². The van der Waals surface area contributed by atoms with Gasteiger partial charge in [0.25, 0.3) is 10.1 Å². The van der Waals surface area contributed by atoms with Crippen LogP contribution < -0.4 is 0 Å². The van der Waals surface area contributed by atoms with E-state index in [4.69, 9.17) is 4.55 Å². The first-order valence-corrected chi connectivity index (χ1v) is 7.56. The SMILES string of the molecule is CCCC(CCCCC(O)CC)S(=O)(=O)O. The predicted octanol–water partition coefficient (Wildman–Crippen LogP) is 2.37. The summed E-state index contributed by atoms with van der Waals surface area (Å²) in [7, 11) is -3.90. The molecule has 0 rings (SSSR count). The van der Waals surface area contributed by atoms with Gasteiger partial charge in [-0.1, -0.05) is 33.1 Å². The van der Waals surface area contributed by atoms with Gasteiger partial charge in [0.2, 0.25) is 0 Å². The van der Waals surface area contributed by atoms with Crippen LogP contribution in [0.5, 0.6) is 0 Å². The van der Waals surface area contributed by atoms with Gasteiger partial charge < -0.3 is 5.11 Å². The molecule has 2 unspecified atom stereocenters. The molecule has 0 aromatic rings. The zero-order chi connectivity index (χ0) is 12.6. The third kappa shape index (κ3) is 7.19. The van der Waals surface area contributed by atoms with Gasteiger partial charge in [0, 0.05) is 0 Å². The molecule has 0 aromatic heterocycles. The molecule has 0 amide bonds. The van der Waals surface area contributed by atoms with Gasteiger partial charge in [-0.15, -0.1) is 0 Å². The monoisotopic (exact) mass is 252 g/mol. The van der Waals surface area contributed by atoms with Crippen LogP contribution in [0.15, 0.2) is 0 Å². The number of hydrogen-bond acceptors (Lipinski definition) is 3. The Morgan fingerprint density at radius 2 is 1.62 bits per heavy atom. The van der Waals surface area contributed by atoms with Gasteiger partial charge >= 0.3 is 0 Å². The lowest BCUT2D eigenvalue weighted by Gasteiger charge is -2.13. The fourth-order valence-electron chi connectivity index (χ4n) is 1.72. The van der Waals surface area contributed by atoms with Crippen LogP contribution in [-0.4, -0.2) is 29.4 Å². The van der Waals surface area contributed by atoms with Gasteiger partial charge in [-0.25, -0.2) is 0 Å². The van der Waals surface area contributed by atoms with Crippen molar-refractivity contribution in [1.82, 2.24) is 0 Å². The largest absolute Gasteiger partial charge is 0.393 e. The van der Waals surface area contributed by atoms with Crippen LogP contribution in [0.2, 0.25) is 0 Å². The molecule has 0 aliphatic carbocycles. The molecule has 2 atom stereocenters. The van der Waals surface area contributed by atoms with E-state index in [2.05, 4.69) is 0 Å². The van der Waals surface area contributed by atoms with E-state index in [1.165, 1.54) is 0 Å². The average Bonchev–Trinajstić information content (AvgIpc) is 2.20. The third-order valence-electron chi connectivity index (χ3n) is 2.82. The summed E-state index contributed by atoms with van der Waals surface area (Å²) < 4.78 is 31.0. The van der Waals surface area contributed by atoms with Crippen LogP contribution in [0.25, 0.3) is 0 Å². The Kier molecular flexibility index (Phi) is 7.97. The normalized spacial score (nSPS) is 16.0. The number of aliphatic hydroxyl groups is 1. The topological polar surface area (TPSA) is 74.6 Å². The Hall–Kier alpha value is -0.130. The Labute approximate surface area is 98.8 Å². The molecule has 0 heterocycles. The summed E-state index contributed by atoms with van der Waals surface area (Å²) in [6, 6.07) is 0. The van der Waals surface area contributed by atoms with Crippen molar-refractivity contribution in [3.63, 3.8) is 0 Å². The van der Waals surface area contributed by atoms with E-state index in [0.717, 1.165) is 25.7 Å². The maximum absolute atomic E-state index is 11.0. The van der Waals surface area contributed by atoms with Gasteiger partial charge in [0.1, 0.15) is 0 Å². The highest BCUT2D eigenvalue weighted by molar-refractivity contribution is 7.86. The van der Waals surface area contributed by atoms with Crippen LogP contribution in [0.3, 0.4) is 0 Å². The van der Waals surface area contributed by atoms with Gasteiger partial charge in [0.05, 0.1) is 11.4 Å². The summed E-state index contributed by atoms with van der Waals surface area (Å²) in [6.07, 6.45) is 4.46. The van der Waals surface area contributed by atoms with Gasteiger partial charge in [-0.3, -0.25) is 4.55 Å². The highest BCUT2D eigenvalue weighted by Crippen LogP contribution is 2.16. The smallest absolute Gasteiger partial charge is 0.267 e. The van der Waals surface area contributed by atoms with Gasteiger partial charge in [0.15, 0.2) is 0 Å². The fourth-order valence-corrected chi connectivity index (χ4v) is 2.72. The standard InChI is InChI=1S/C11H24O4S/c1-3-7-11(16(13,14)15)9-6-5-8-10(12)4-2/h10-12H,3-9H2,1-2H3,(H,13,14,15). The first-order chi connectivity index (χ1) is 7.41. The molecule has 0 aromatic carbocycles. The molecule has 0 radical (unpaired) electrons. The first-order valence-electron chi connectivity index (χ1n) is 6.06. The van der Waals surface area contributed by atoms with Crippen LogP contribution in [0, 0.1) is 0 Å². The van der Waals surface area contributed by atoms with Crippen molar-refractivity contribution in [2.45, 2.75) is 70.1 Å². The Balaban J connectivity index is 3.86. The predicted molar refractivity (Wildman–Crippen MR) is 65.0 cm³/mol. The van der Waals surface area contributed by atoms with Crippen molar-refractivity contribution in [2.24, 2.45) is 0 Å². The lowest BCUT2D eigenvalue weighted by atomic mass is 10.1. The van der Waals surface area contributed by atoms with Crippen molar-refractivity contribution in [1.29, 1.82) is 0 Å². The van der Waals surface area contributed by atoms with Crippen LogP contribution in [-0.2, 0) is 10.1 Å². The molecule has 0 saturated carbocycles. The Morgan fingerprint density at radius 1 is 1.06 bits per heavy atom. The van der Waals surface area contributed by atoms with Crippen LogP contribution in [0.4, 0.5) is 0 Å². The number of hydrogen-bond donors (Lipinski definition) is 2. The zero-order valence-electron chi connectivity index (χ0n) is 10.2. The highest BCUT2D eigenvalue weighted by Gasteiger charge is 2.21. The molecular formula is C11H24O4S. The lowest BCUT2D eigenvalue weighted by molar-refractivity contribution is 0.156. The molecule has 16 heavy (non-hydrogen) atoms. The number of rotatable bonds is 9. The average molecular weight is 252 g/mol. The second-order valence-electron chi connectivity index (χ2n) is 4.27. The molecule has 0 bridgehead atoms. The van der Waals surface area contributed by atoms with E-state index < -0.39 is 15.4 Å². The van der Waals surface area contributed by atoms with Gasteiger partial charge in [-0.2, -0.15) is 8.42 Å². The van der Waals surface area contributed by atoms with Crippen molar-refractivity contribution in [2.75, 3.05) is 0 Å². The molecule has 0 aliphatic rings. The first kappa shape index (κ1) is 15.9. The van der Waals surface area contributed by atoms with E-state index in [9.17, 15) is 13.5 Å². The maximum atomic E-state index is 11.0. The van der Waals surface area contributed by atoms with Crippen molar-refractivity contribution < 1.29 is 18.1 Å². The molecule has 0 fully saturated rings. The molecule has 2 N–H and O–H groups in total. The van der Waals surface area contributed by atoms with Crippen molar-refractivity contribution >= 4 is 10.1 Å². The quantitative estimate of drug-likeness (QED) is 0.488. The summed E-state index contributed by atoms with van der Waals surface area (Å²) in [5.74, 6) is 0. The van der Waals surface area contributed by atoms with E-state index in [0.29, 0.717) is 19.3 Å². The summed E-state index contributed by atoms with van der Waals surface area (Å²) in [4.78, 5) is 0. The molecular weight excluding hydrogens is 228 g/mol. The molecule has 0 spiro atoms. The minimum atomic E-state index is -3.90. The van der Waals surface area contributed by atoms with E-state index in [-0.39, 0.29) is 6.10 Å². The molecule has 98 valence electrons. The molecule has 5 heteroatoms. The second-order valence-corrected chi connectivity index (χ2v) is 5.97. The minimum Gasteiger partial charge on any atom is -0.393 e. The van der Waals surface area contributed by atoms with Crippen molar-refractivity contribution in [3.05, 3.63) is 0 Å². The molecule has 0 aliphatic heterocycles. The Morgan fingerprint density at radius 3 is 2.06 bits per heavy atom. The van der Waals surface area contributed by atoms with Crippen molar-refractivity contribution in [3.8, 4) is 0 Å².